The Morgan fingerprint density at radius 1 is 1.50 bits per heavy atom. The van der Waals surface area contributed by atoms with Crippen LogP contribution in [0.15, 0.2) is 4.42 Å². The van der Waals surface area contributed by atoms with Crippen molar-refractivity contribution in [3.63, 3.8) is 0 Å². The third-order valence-electron chi connectivity index (χ3n) is 2.82. The normalized spacial score (nSPS) is 23.8. The molecular weight excluding hydrogens is 178 g/mol. The van der Waals surface area contributed by atoms with Crippen molar-refractivity contribution in [3.8, 4) is 0 Å². The molecule has 14 heavy (non-hydrogen) atoms. The molecule has 0 radical (unpaired) electrons. The Morgan fingerprint density at radius 2 is 2.21 bits per heavy atom. The highest BCUT2D eigenvalue weighted by molar-refractivity contribution is 5.12. The molecule has 1 heterocycles. The fourth-order valence-electron chi connectivity index (χ4n) is 1.60. The van der Waals surface area contributed by atoms with Crippen LogP contribution in [0.2, 0.25) is 0 Å². The second-order valence-electron chi connectivity index (χ2n) is 4.56. The minimum Gasteiger partial charge on any atom is -0.424 e. The summed E-state index contributed by atoms with van der Waals surface area (Å²) in [6.45, 7) is 8.11. The van der Waals surface area contributed by atoms with E-state index in [2.05, 4.69) is 36.3 Å². The van der Waals surface area contributed by atoms with Gasteiger partial charge in [-0.1, -0.05) is 20.8 Å². The number of nitrogens with one attached hydrogen (secondary N) is 1. The molecule has 1 aliphatic carbocycles. The highest BCUT2D eigenvalue weighted by Gasteiger charge is 2.50. The summed E-state index contributed by atoms with van der Waals surface area (Å²) in [5, 5.41) is 11.2. The van der Waals surface area contributed by atoms with Crippen LogP contribution in [0.3, 0.4) is 0 Å². The van der Waals surface area contributed by atoms with Crippen LogP contribution in [-0.4, -0.2) is 16.7 Å². The zero-order valence-corrected chi connectivity index (χ0v) is 9.00. The molecule has 1 aromatic rings. The van der Waals surface area contributed by atoms with Gasteiger partial charge in [-0.2, -0.15) is 0 Å². The van der Waals surface area contributed by atoms with Crippen LogP contribution in [0.5, 0.6) is 0 Å². The largest absolute Gasteiger partial charge is 0.424 e. The van der Waals surface area contributed by atoms with E-state index in [-0.39, 0.29) is 0 Å². The van der Waals surface area contributed by atoms with Gasteiger partial charge in [-0.15, -0.1) is 10.2 Å². The van der Waals surface area contributed by atoms with E-state index in [1.807, 2.05) is 0 Å². The second kappa shape index (κ2) is 3.35. The maximum atomic E-state index is 5.56. The van der Waals surface area contributed by atoms with E-state index in [0.717, 1.165) is 18.9 Å². The fraction of sp³-hybridized carbons (Fsp3) is 0.800. The lowest BCUT2D eigenvalue weighted by molar-refractivity contribution is 0.421. The van der Waals surface area contributed by atoms with Crippen LogP contribution in [0.25, 0.3) is 0 Å². The van der Waals surface area contributed by atoms with Crippen LogP contribution >= 0.6 is 0 Å². The summed E-state index contributed by atoms with van der Waals surface area (Å²) in [6, 6.07) is 0. The molecule has 1 fully saturated rings. The maximum Gasteiger partial charge on any atom is 0.230 e. The summed E-state index contributed by atoms with van der Waals surface area (Å²) in [7, 11) is 0. The summed E-state index contributed by atoms with van der Waals surface area (Å²) in [6.07, 6.45) is 1.16. The number of rotatable bonds is 4. The molecule has 1 N–H and O–H groups in total. The van der Waals surface area contributed by atoms with Gasteiger partial charge in [-0.05, 0) is 18.4 Å². The molecular formula is C10H17N3O. The SMILES string of the molecule is CCNCc1nnc(C2CC2(C)C)o1. The first-order chi connectivity index (χ1) is 6.63. The van der Waals surface area contributed by atoms with Crippen LogP contribution in [-0.2, 0) is 6.54 Å². The van der Waals surface area contributed by atoms with E-state index in [1.54, 1.807) is 0 Å². The smallest absolute Gasteiger partial charge is 0.230 e. The van der Waals surface area contributed by atoms with Gasteiger partial charge in [0.1, 0.15) is 0 Å². The van der Waals surface area contributed by atoms with Gasteiger partial charge in [0.05, 0.1) is 6.54 Å². The predicted octanol–water partition coefficient (Wildman–Crippen LogP) is 1.69. The zero-order valence-electron chi connectivity index (χ0n) is 9.00. The van der Waals surface area contributed by atoms with Crippen molar-refractivity contribution in [1.29, 1.82) is 0 Å². The Morgan fingerprint density at radius 3 is 2.79 bits per heavy atom. The first-order valence-electron chi connectivity index (χ1n) is 5.16. The molecule has 0 aliphatic heterocycles. The molecule has 0 bridgehead atoms. The number of aromatic nitrogens is 2. The minimum absolute atomic E-state index is 0.363. The van der Waals surface area contributed by atoms with Gasteiger partial charge in [0.2, 0.25) is 11.8 Å². The van der Waals surface area contributed by atoms with Gasteiger partial charge < -0.3 is 9.73 Å². The van der Waals surface area contributed by atoms with Gasteiger partial charge >= 0.3 is 0 Å². The van der Waals surface area contributed by atoms with E-state index in [0.29, 0.717) is 23.8 Å². The molecule has 1 aromatic heterocycles. The Hall–Kier alpha value is -0.900. The number of hydrogen-bond donors (Lipinski definition) is 1. The Labute approximate surface area is 84.1 Å². The highest BCUT2D eigenvalue weighted by atomic mass is 16.4. The van der Waals surface area contributed by atoms with Crippen molar-refractivity contribution in [3.05, 3.63) is 11.8 Å². The molecule has 1 atom stereocenters. The molecule has 78 valence electrons. The van der Waals surface area contributed by atoms with E-state index in [1.165, 1.54) is 0 Å². The monoisotopic (exact) mass is 195 g/mol. The van der Waals surface area contributed by atoms with Gasteiger partial charge in [0.25, 0.3) is 0 Å². The quantitative estimate of drug-likeness (QED) is 0.794. The fourth-order valence-corrected chi connectivity index (χ4v) is 1.60. The molecule has 0 amide bonds. The van der Waals surface area contributed by atoms with Gasteiger partial charge in [-0.3, -0.25) is 0 Å². The maximum absolute atomic E-state index is 5.56. The molecule has 0 saturated heterocycles. The summed E-state index contributed by atoms with van der Waals surface area (Å²) < 4.78 is 5.56. The van der Waals surface area contributed by atoms with Crippen LogP contribution in [0, 0.1) is 5.41 Å². The van der Waals surface area contributed by atoms with E-state index < -0.39 is 0 Å². The highest BCUT2D eigenvalue weighted by Crippen LogP contribution is 2.57. The van der Waals surface area contributed by atoms with E-state index >= 15 is 0 Å². The standard InChI is InChI=1S/C10H17N3O/c1-4-11-6-8-12-13-9(14-8)7-5-10(7,2)3/h7,11H,4-6H2,1-3H3. The zero-order chi connectivity index (χ0) is 10.2. The Kier molecular flexibility index (Phi) is 2.31. The first-order valence-corrected chi connectivity index (χ1v) is 5.16. The average Bonchev–Trinajstić information content (AvgIpc) is 2.63. The van der Waals surface area contributed by atoms with E-state index in [4.69, 9.17) is 4.42 Å². The lowest BCUT2D eigenvalue weighted by Gasteiger charge is -1.97. The molecule has 1 saturated carbocycles. The molecule has 4 heteroatoms. The predicted molar refractivity (Wildman–Crippen MR) is 52.8 cm³/mol. The lowest BCUT2D eigenvalue weighted by atomic mass is 10.1. The third-order valence-corrected chi connectivity index (χ3v) is 2.82. The summed E-state index contributed by atoms with van der Waals surface area (Å²) >= 11 is 0. The van der Waals surface area contributed by atoms with Crippen molar-refractivity contribution < 1.29 is 4.42 Å². The summed E-state index contributed by atoms with van der Waals surface area (Å²) in [4.78, 5) is 0. The number of nitrogens with zero attached hydrogens (tertiary/aromatic N) is 2. The van der Waals surface area contributed by atoms with Gasteiger partial charge in [0, 0.05) is 5.92 Å². The molecule has 0 aromatic carbocycles. The van der Waals surface area contributed by atoms with Gasteiger partial charge in [0.15, 0.2) is 0 Å². The van der Waals surface area contributed by atoms with E-state index in [9.17, 15) is 0 Å². The van der Waals surface area contributed by atoms with Crippen LogP contribution in [0.1, 0.15) is 44.9 Å². The molecule has 4 nitrogen and oxygen atoms in total. The lowest BCUT2D eigenvalue weighted by Crippen LogP contribution is -2.11. The van der Waals surface area contributed by atoms with Crippen molar-refractivity contribution >= 4 is 0 Å². The number of hydrogen-bond acceptors (Lipinski definition) is 4. The third kappa shape index (κ3) is 1.80. The van der Waals surface area contributed by atoms with Crippen molar-refractivity contribution in [2.24, 2.45) is 5.41 Å². The molecule has 0 spiro atoms. The Balaban J connectivity index is 1.97. The Bertz CT molecular complexity index is 319. The van der Waals surface area contributed by atoms with Crippen molar-refractivity contribution in [1.82, 2.24) is 15.5 Å². The molecule has 2 rings (SSSR count). The second-order valence-corrected chi connectivity index (χ2v) is 4.56. The minimum atomic E-state index is 0.363. The first kappa shape index (κ1) is 9.65. The average molecular weight is 195 g/mol. The van der Waals surface area contributed by atoms with Crippen molar-refractivity contribution in [2.75, 3.05) is 6.54 Å². The summed E-state index contributed by atoms with van der Waals surface area (Å²) in [5.74, 6) is 1.98. The molecule has 1 unspecified atom stereocenters. The van der Waals surface area contributed by atoms with Gasteiger partial charge in [-0.25, -0.2) is 0 Å². The molecule has 1 aliphatic rings. The van der Waals surface area contributed by atoms with Crippen molar-refractivity contribution in [2.45, 2.75) is 39.7 Å². The van der Waals surface area contributed by atoms with Crippen LogP contribution in [0.4, 0.5) is 0 Å². The topological polar surface area (TPSA) is 51.0 Å². The van der Waals surface area contributed by atoms with Crippen LogP contribution < -0.4 is 5.32 Å². The summed E-state index contributed by atoms with van der Waals surface area (Å²) in [5.41, 5.74) is 0.363.